The second-order valence-corrected chi connectivity index (χ2v) is 6.12. The Labute approximate surface area is 97.1 Å². The molecule has 1 heterocycles. The number of hydrogen-bond donors (Lipinski definition) is 0. The fourth-order valence-electron chi connectivity index (χ4n) is 3.84. The van der Waals surface area contributed by atoms with E-state index in [1.165, 1.54) is 6.42 Å². The summed E-state index contributed by atoms with van der Waals surface area (Å²) in [5.74, 6) is 1.74. The number of hydrogen-bond acceptors (Lipinski definition) is 3. The van der Waals surface area contributed by atoms with E-state index in [0.717, 1.165) is 32.7 Å². The molecule has 0 aromatic carbocycles. The highest BCUT2D eigenvalue weighted by Crippen LogP contribution is 2.59. The molecule has 3 aliphatic carbocycles. The number of carbonyl (C=O) groups excluding carboxylic acids is 1. The normalized spacial score (nSPS) is 42.9. The maximum absolute atomic E-state index is 12.1. The third-order valence-corrected chi connectivity index (χ3v) is 5.14. The molecular formula is C13H21NO2. The van der Waals surface area contributed by atoms with Crippen molar-refractivity contribution in [3.05, 3.63) is 0 Å². The third kappa shape index (κ3) is 1.37. The van der Waals surface area contributed by atoms with Gasteiger partial charge in [-0.3, -0.25) is 9.69 Å². The Morgan fingerprint density at radius 2 is 2.00 bits per heavy atom. The van der Waals surface area contributed by atoms with E-state index in [2.05, 4.69) is 18.7 Å². The minimum atomic E-state index is 0.198. The van der Waals surface area contributed by atoms with Crippen LogP contribution >= 0.6 is 0 Å². The molecule has 0 amide bonds. The fourth-order valence-corrected chi connectivity index (χ4v) is 3.84. The SMILES string of the molecule is CC1(C)[C@H]2CC(=O)[C@@H](N3CCOCC3)[C@@H]1C2. The number of fused-ring (bicyclic) bond motifs is 2. The molecule has 2 bridgehead atoms. The molecule has 0 unspecified atom stereocenters. The number of ether oxygens (including phenoxy) is 1. The third-order valence-electron chi connectivity index (χ3n) is 5.14. The average molecular weight is 223 g/mol. The molecule has 0 radical (unpaired) electrons. The van der Waals surface area contributed by atoms with Crippen molar-refractivity contribution in [2.24, 2.45) is 17.3 Å². The predicted molar refractivity (Wildman–Crippen MR) is 61.2 cm³/mol. The summed E-state index contributed by atoms with van der Waals surface area (Å²) in [6.45, 7) is 8.14. The molecular weight excluding hydrogens is 202 g/mol. The van der Waals surface area contributed by atoms with Crippen molar-refractivity contribution in [3.8, 4) is 0 Å². The first-order valence-electron chi connectivity index (χ1n) is 6.45. The van der Waals surface area contributed by atoms with Gasteiger partial charge in [0.1, 0.15) is 0 Å². The van der Waals surface area contributed by atoms with E-state index in [1.807, 2.05) is 0 Å². The number of ketones is 1. The standard InChI is InChI=1S/C13H21NO2/c1-13(2)9-7-10(13)12(11(15)8-9)14-3-5-16-6-4-14/h9-10,12H,3-8H2,1-2H3/t9-,10+,12+/m1/s1. The van der Waals surface area contributed by atoms with Crippen molar-refractivity contribution in [2.45, 2.75) is 32.7 Å². The zero-order valence-corrected chi connectivity index (χ0v) is 10.2. The van der Waals surface area contributed by atoms with E-state index in [-0.39, 0.29) is 6.04 Å². The highest BCUT2D eigenvalue weighted by molar-refractivity contribution is 5.87. The van der Waals surface area contributed by atoms with Crippen LogP contribution in [0, 0.1) is 17.3 Å². The van der Waals surface area contributed by atoms with Crippen LogP contribution in [-0.4, -0.2) is 43.0 Å². The fraction of sp³-hybridized carbons (Fsp3) is 0.923. The maximum atomic E-state index is 12.1. The summed E-state index contributed by atoms with van der Waals surface area (Å²) in [6.07, 6.45) is 2.08. The molecule has 3 atom stereocenters. The number of morpholine rings is 1. The van der Waals surface area contributed by atoms with Gasteiger partial charge >= 0.3 is 0 Å². The van der Waals surface area contributed by atoms with Gasteiger partial charge in [-0.2, -0.15) is 0 Å². The molecule has 4 rings (SSSR count). The molecule has 90 valence electrons. The van der Waals surface area contributed by atoms with E-state index in [4.69, 9.17) is 4.74 Å². The second-order valence-electron chi connectivity index (χ2n) is 6.12. The van der Waals surface area contributed by atoms with Gasteiger partial charge in [0.05, 0.1) is 19.3 Å². The van der Waals surface area contributed by atoms with Crippen molar-refractivity contribution in [2.75, 3.05) is 26.3 Å². The Morgan fingerprint density at radius 1 is 1.31 bits per heavy atom. The second kappa shape index (κ2) is 3.54. The average Bonchev–Trinajstić information content (AvgIpc) is 2.29. The summed E-state index contributed by atoms with van der Waals surface area (Å²) in [4.78, 5) is 14.5. The van der Waals surface area contributed by atoms with E-state index in [9.17, 15) is 4.79 Å². The first-order valence-corrected chi connectivity index (χ1v) is 6.45. The van der Waals surface area contributed by atoms with Crippen LogP contribution in [0.15, 0.2) is 0 Å². The van der Waals surface area contributed by atoms with Crippen LogP contribution in [0.2, 0.25) is 0 Å². The Balaban J connectivity index is 1.79. The topological polar surface area (TPSA) is 29.5 Å². The molecule has 1 aliphatic heterocycles. The Hall–Kier alpha value is -0.410. The Kier molecular flexibility index (Phi) is 2.37. The minimum absolute atomic E-state index is 0.198. The molecule has 3 saturated carbocycles. The van der Waals surface area contributed by atoms with Crippen molar-refractivity contribution in [1.82, 2.24) is 4.90 Å². The molecule has 0 N–H and O–H groups in total. The smallest absolute Gasteiger partial charge is 0.150 e. The zero-order chi connectivity index (χ0) is 11.3. The van der Waals surface area contributed by atoms with Crippen LogP contribution in [0.25, 0.3) is 0 Å². The van der Waals surface area contributed by atoms with Gasteiger partial charge in [0.2, 0.25) is 0 Å². The lowest BCUT2D eigenvalue weighted by Gasteiger charge is -2.61. The molecule has 4 aliphatic rings. The summed E-state index contributed by atoms with van der Waals surface area (Å²) >= 11 is 0. The molecule has 0 spiro atoms. The Morgan fingerprint density at radius 3 is 2.62 bits per heavy atom. The molecule has 0 aromatic heterocycles. The van der Waals surface area contributed by atoms with Crippen molar-refractivity contribution >= 4 is 5.78 Å². The molecule has 16 heavy (non-hydrogen) atoms. The lowest BCUT2D eigenvalue weighted by Crippen LogP contribution is -2.65. The summed E-state index contributed by atoms with van der Waals surface area (Å²) in [5.41, 5.74) is 0.386. The molecule has 1 saturated heterocycles. The van der Waals surface area contributed by atoms with Gasteiger partial charge < -0.3 is 4.74 Å². The van der Waals surface area contributed by atoms with Gasteiger partial charge in [-0.15, -0.1) is 0 Å². The summed E-state index contributed by atoms with van der Waals surface area (Å²) in [6, 6.07) is 0.198. The lowest BCUT2D eigenvalue weighted by atomic mass is 9.46. The quantitative estimate of drug-likeness (QED) is 0.671. The van der Waals surface area contributed by atoms with Crippen molar-refractivity contribution < 1.29 is 9.53 Å². The molecule has 3 nitrogen and oxygen atoms in total. The van der Waals surface area contributed by atoms with E-state index in [1.54, 1.807) is 0 Å². The van der Waals surface area contributed by atoms with Crippen molar-refractivity contribution in [3.63, 3.8) is 0 Å². The molecule has 4 fully saturated rings. The number of nitrogens with zero attached hydrogens (tertiary/aromatic N) is 1. The van der Waals surface area contributed by atoms with Gasteiger partial charge in [-0.1, -0.05) is 13.8 Å². The van der Waals surface area contributed by atoms with E-state index in [0.29, 0.717) is 23.0 Å². The largest absolute Gasteiger partial charge is 0.379 e. The van der Waals surface area contributed by atoms with E-state index >= 15 is 0 Å². The molecule has 3 heteroatoms. The van der Waals surface area contributed by atoms with Crippen molar-refractivity contribution in [1.29, 1.82) is 0 Å². The zero-order valence-electron chi connectivity index (χ0n) is 10.2. The maximum Gasteiger partial charge on any atom is 0.150 e. The summed E-state index contributed by atoms with van der Waals surface area (Å²) in [5, 5.41) is 0. The number of rotatable bonds is 1. The molecule has 0 aromatic rings. The van der Waals surface area contributed by atoms with Gasteiger partial charge in [0, 0.05) is 19.5 Å². The first kappa shape index (κ1) is 10.7. The Bertz CT molecular complexity index is 307. The van der Waals surface area contributed by atoms with Crippen LogP contribution in [0.3, 0.4) is 0 Å². The first-order chi connectivity index (χ1) is 7.60. The number of Topliss-reactive ketones (excluding diaryl/α,β-unsaturated/α-hetero) is 1. The van der Waals surface area contributed by atoms with Crippen LogP contribution in [0.4, 0.5) is 0 Å². The summed E-state index contributed by atoms with van der Waals surface area (Å²) < 4.78 is 5.37. The number of carbonyl (C=O) groups is 1. The summed E-state index contributed by atoms with van der Waals surface area (Å²) in [7, 11) is 0. The highest BCUT2D eigenvalue weighted by atomic mass is 16.5. The van der Waals surface area contributed by atoms with Crippen LogP contribution in [-0.2, 0) is 9.53 Å². The lowest BCUT2D eigenvalue weighted by molar-refractivity contribution is -0.163. The van der Waals surface area contributed by atoms with Crippen LogP contribution in [0.1, 0.15) is 26.7 Å². The monoisotopic (exact) mass is 223 g/mol. The minimum Gasteiger partial charge on any atom is -0.379 e. The van der Waals surface area contributed by atoms with Gasteiger partial charge in [-0.05, 0) is 23.7 Å². The predicted octanol–water partition coefficient (Wildman–Crippen LogP) is 1.32. The van der Waals surface area contributed by atoms with Gasteiger partial charge in [0.25, 0.3) is 0 Å². The van der Waals surface area contributed by atoms with E-state index < -0.39 is 0 Å². The van der Waals surface area contributed by atoms with Gasteiger partial charge in [0.15, 0.2) is 5.78 Å². The van der Waals surface area contributed by atoms with Crippen LogP contribution < -0.4 is 0 Å². The van der Waals surface area contributed by atoms with Gasteiger partial charge in [-0.25, -0.2) is 0 Å². The van der Waals surface area contributed by atoms with Crippen LogP contribution in [0.5, 0.6) is 0 Å². The highest BCUT2D eigenvalue weighted by Gasteiger charge is 2.58.